The second-order valence-electron chi connectivity index (χ2n) is 27.4. The summed E-state index contributed by atoms with van der Waals surface area (Å²) in [6, 6.07) is 23.2. The number of hydrogen-bond donors (Lipinski definition) is 5. The number of aliphatic hydroxyl groups is 1. The number of carbonyl (C=O) groups is 2. The van der Waals surface area contributed by atoms with E-state index in [0.717, 1.165) is 121 Å². The number of benzene rings is 4. The molecule has 1 unspecified atom stereocenters. The maximum atomic E-state index is 12.2. The number of aromatic amines is 4. The Balaban J connectivity index is 0.000000130. The molecule has 26 heteroatoms. The molecule has 5 N–H and O–H groups in total. The molecule has 95 heavy (non-hydrogen) atoms. The maximum Gasteiger partial charge on any atom is 0.251 e. The Morgan fingerprint density at radius 3 is 1.49 bits per heavy atom. The number of anilines is 4. The van der Waals surface area contributed by atoms with Crippen LogP contribution in [0.2, 0.25) is 10.0 Å². The van der Waals surface area contributed by atoms with Crippen molar-refractivity contribution in [2.24, 2.45) is 0 Å². The third-order valence-corrected chi connectivity index (χ3v) is 23.0. The lowest BCUT2D eigenvalue weighted by molar-refractivity contribution is -0.140. The lowest BCUT2D eigenvalue weighted by atomic mass is 9.87. The van der Waals surface area contributed by atoms with Gasteiger partial charge in [-0.3, -0.25) is 14.7 Å². The monoisotopic (exact) mass is 1380 g/mol. The van der Waals surface area contributed by atoms with Crippen LogP contribution in [0.3, 0.4) is 0 Å². The van der Waals surface area contributed by atoms with E-state index in [4.69, 9.17) is 32.7 Å². The summed E-state index contributed by atoms with van der Waals surface area (Å²) in [5.41, 5.74) is 10.7. The smallest absolute Gasteiger partial charge is 0.251 e. The van der Waals surface area contributed by atoms with Gasteiger partial charge in [0.25, 0.3) is 5.91 Å². The van der Waals surface area contributed by atoms with Gasteiger partial charge in [0.15, 0.2) is 0 Å². The molecule has 22 nitrogen and oxygen atoms in total. The van der Waals surface area contributed by atoms with Crippen LogP contribution in [-0.4, -0.2) is 226 Å². The van der Waals surface area contributed by atoms with E-state index in [2.05, 4.69) is 87.2 Å². The van der Waals surface area contributed by atoms with E-state index in [9.17, 15) is 31.5 Å². The zero-order chi connectivity index (χ0) is 67.6. The summed E-state index contributed by atoms with van der Waals surface area (Å²) in [7, 11) is -4.87. The fraction of sp³-hybridized carbons (Fsp3) is 0.522. The van der Waals surface area contributed by atoms with E-state index in [1.807, 2.05) is 81.6 Å². The number of rotatable bonds is 11. The third kappa shape index (κ3) is 16.0. The van der Waals surface area contributed by atoms with Crippen molar-refractivity contribution in [2.45, 2.75) is 102 Å². The standard InChI is InChI=1S/C19H28N4O3S.C19H28N4O2S.C16H19ClN2O2.C15H18ClN3O2/c1-19(2)14-22(6-7-23(19)27(3,24)25)18-13-15(21-8-10-26-11-9-21)12-17-16(18)4-5-20-17;1-19(2)14-22(10-11-23(19)26(3,24)25)18-13-15(21-8-4-5-9-21)12-17-16(18)6-7-20-17;1-10(20)16(21)19-6-3-11(4-7-19)14-8-12(17)9-15-13(14)2-5-18-15;1-21-9-15(20)19-4-2-10(3-5-19)12-6-11(16)7-14-13(12)8-17-18-14/h4-5,12-13,20H,6-11,14H2,1-3H3;6-7,12-13,20H,4-5,8-11,14H2,1-3H3;2,5,8-11,18,20H,3-4,6-7H2,1H3;6-8,10H,2-5,9H2,1H3,(H,17,18). The summed E-state index contributed by atoms with van der Waals surface area (Å²) in [5, 5.41) is 22.6. The number of H-pyrrole nitrogens is 4. The van der Waals surface area contributed by atoms with Crippen molar-refractivity contribution in [3.05, 3.63) is 113 Å². The largest absolute Gasteiger partial charge is 0.384 e. The number of aromatic nitrogens is 5. The first-order valence-electron chi connectivity index (χ1n) is 33.1. The van der Waals surface area contributed by atoms with Crippen LogP contribution in [0.5, 0.6) is 0 Å². The third-order valence-electron chi connectivity index (χ3n) is 19.6. The molecule has 0 saturated carbocycles. The first-order chi connectivity index (χ1) is 45.3. The average Bonchev–Trinajstić information content (AvgIpc) is 1.09. The van der Waals surface area contributed by atoms with E-state index in [1.165, 1.54) is 76.6 Å². The van der Waals surface area contributed by atoms with Gasteiger partial charge in [-0.2, -0.15) is 13.7 Å². The molecule has 6 aliphatic heterocycles. The molecule has 514 valence electrons. The Hall–Kier alpha value is -6.61. The Bertz CT molecular complexity index is 4220. The summed E-state index contributed by atoms with van der Waals surface area (Å²) in [6.07, 6.45) is 15.6. The minimum atomic E-state index is -3.22. The molecule has 2 amide bonds. The van der Waals surface area contributed by atoms with E-state index in [-0.39, 0.29) is 18.4 Å². The molecule has 14 rings (SSSR count). The van der Waals surface area contributed by atoms with Gasteiger partial charge in [-0.05, 0) is 163 Å². The first-order valence-corrected chi connectivity index (χ1v) is 37.6. The normalized spacial score (nSPS) is 19.8. The number of aliphatic hydroxyl groups excluding tert-OH is 1. The lowest BCUT2D eigenvalue weighted by Crippen LogP contribution is -2.60. The molecule has 0 bridgehead atoms. The lowest BCUT2D eigenvalue weighted by Gasteiger charge is -2.46. The Kier molecular flexibility index (Phi) is 21.5. The van der Waals surface area contributed by atoms with Crippen LogP contribution in [0, 0.1) is 0 Å². The van der Waals surface area contributed by atoms with Crippen molar-refractivity contribution in [3.8, 4) is 0 Å². The van der Waals surface area contributed by atoms with Gasteiger partial charge in [-0.25, -0.2) is 16.8 Å². The molecular formula is C69H93Cl2N13O9S2. The van der Waals surface area contributed by atoms with Crippen molar-refractivity contribution in [2.75, 3.05) is 151 Å². The molecule has 0 spiro atoms. The quantitative estimate of drug-likeness (QED) is 0.0810. The Morgan fingerprint density at radius 1 is 0.589 bits per heavy atom. The molecule has 0 aliphatic carbocycles. The number of halogens is 2. The van der Waals surface area contributed by atoms with E-state index in [1.54, 1.807) is 20.6 Å². The molecule has 4 aromatic carbocycles. The van der Waals surface area contributed by atoms with Crippen LogP contribution in [-0.2, 0) is 39.1 Å². The minimum Gasteiger partial charge on any atom is -0.384 e. The topological polar surface area (TPSA) is 243 Å². The Morgan fingerprint density at radius 2 is 1.03 bits per heavy atom. The predicted molar refractivity (Wildman–Crippen MR) is 382 cm³/mol. The SMILES string of the molecule is CC(O)C(=O)N1CCC(c2cc(Cl)cc3[nH]ccc23)CC1.CC1(C)CN(c2cc(N3CCCC3)cc3[nH]ccc23)CCN1S(C)(=O)=O.CC1(C)CN(c2cc(N3CCOCC3)cc3[nH]ccc23)CCN1S(C)(=O)=O.COCC(=O)N1CCC(c2cc(Cl)cc3[nH]ncc23)CC1. The van der Waals surface area contributed by atoms with Gasteiger partial charge in [0.1, 0.15) is 12.7 Å². The highest BCUT2D eigenvalue weighted by molar-refractivity contribution is 7.88. The highest BCUT2D eigenvalue weighted by atomic mass is 35.5. The van der Waals surface area contributed by atoms with E-state index < -0.39 is 37.2 Å². The molecular weight excluding hydrogens is 1290 g/mol. The van der Waals surface area contributed by atoms with Crippen LogP contribution in [0.25, 0.3) is 43.6 Å². The molecule has 10 heterocycles. The molecule has 4 aromatic heterocycles. The molecule has 6 aliphatic rings. The summed E-state index contributed by atoms with van der Waals surface area (Å²) in [4.78, 5) is 46.6. The summed E-state index contributed by atoms with van der Waals surface area (Å²) in [6.45, 7) is 21.9. The zero-order valence-electron chi connectivity index (χ0n) is 56.0. The minimum absolute atomic E-state index is 0.0653. The molecule has 6 saturated heterocycles. The number of ether oxygens (including phenoxy) is 2. The van der Waals surface area contributed by atoms with Gasteiger partial charge >= 0.3 is 0 Å². The van der Waals surface area contributed by atoms with Crippen LogP contribution >= 0.6 is 23.2 Å². The number of sulfonamides is 2. The van der Waals surface area contributed by atoms with Crippen LogP contribution in [0.4, 0.5) is 22.7 Å². The molecule has 6 fully saturated rings. The number of morpholine rings is 1. The number of nitrogens with one attached hydrogen (secondary N) is 4. The van der Waals surface area contributed by atoms with Crippen molar-refractivity contribution >= 4 is 121 Å². The Labute approximate surface area is 568 Å². The van der Waals surface area contributed by atoms with Crippen molar-refractivity contribution in [3.63, 3.8) is 0 Å². The van der Waals surface area contributed by atoms with Crippen LogP contribution in [0.1, 0.15) is 96.1 Å². The van der Waals surface area contributed by atoms with Crippen molar-refractivity contribution in [1.82, 2.24) is 43.6 Å². The number of fused-ring (bicyclic) bond motifs is 4. The molecule has 0 radical (unpaired) electrons. The summed E-state index contributed by atoms with van der Waals surface area (Å²) >= 11 is 12.4. The molecule has 1 atom stereocenters. The van der Waals surface area contributed by atoms with Gasteiger partial charge in [-0.15, -0.1) is 0 Å². The summed E-state index contributed by atoms with van der Waals surface area (Å²) in [5.74, 6) is 0.706. The van der Waals surface area contributed by atoms with Gasteiger partial charge in [0, 0.05) is 199 Å². The number of amides is 2. The number of likely N-dealkylation sites (tertiary alicyclic amines) is 2. The fourth-order valence-corrected chi connectivity index (χ4v) is 18.3. The highest BCUT2D eigenvalue weighted by Crippen LogP contribution is 2.40. The number of piperazine rings is 2. The number of carbonyl (C=O) groups excluding carboxylic acids is 2. The average molecular weight is 1380 g/mol. The van der Waals surface area contributed by atoms with Crippen molar-refractivity contribution < 1.29 is 41.0 Å². The van der Waals surface area contributed by atoms with Crippen LogP contribution < -0.4 is 19.6 Å². The second kappa shape index (κ2) is 29.2. The number of nitrogens with zero attached hydrogens (tertiary/aromatic N) is 9. The van der Waals surface area contributed by atoms with Gasteiger partial charge < -0.3 is 58.9 Å². The first kappa shape index (κ1) is 69.7. The summed E-state index contributed by atoms with van der Waals surface area (Å²) < 4.78 is 62.3. The van der Waals surface area contributed by atoms with Crippen molar-refractivity contribution in [1.29, 1.82) is 0 Å². The van der Waals surface area contributed by atoms with E-state index >= 15 is 0 Å². The number of hydrogen-bond acceptors (Lipinski definition) is 14. The van der Waals surface area contributed by atoms with Gasteiger partial charge in [0.05, 0.1) is 37.4 Å². The van der Waals surface area contributed by atoms with Crippen LogP contribution in [0.15, 0.2) is 91.5 Å². The maximum absolute atomic E-state index is 12.2. The van der Waals surface area contributed by atoms with E-state index in [0.29, 0.717) is 64.2 Å². The highest BCUT2D eigenvalue weighted by Gasteiger charge is 2.41. The zero-order valence-corrected chi connectivity index (χ0v) is 59.1. The number of methoxy groups -OCH3 is 1. The molecule has 8 aromatic rings. The fourth-order valence-electron chi connectivity index (χ4n) is 15.1. The second-order valence-corrected chi connectivity index (χ2v) is 32.0. The number of piperidine rings is 2. The predicted octanol–water partition coefficient (Wildman–Crippen LogP) is 9.97. The van der Waals surface area contributed by atoms with Gasteiger partial charge in [0.2, 0.25) is 26.0 Å². The van der Waals surface area contributed by atoms with Gasteiger partial charge in [-0.1, -0.05) is 23.2 Å².